The van der Waals surface area contributed by atoms with E-state index in [9.17, 15) is 65.9 Å². The molecular formula is C30H19F17N8O. The maximum absolute atomic E-state index is 15.0. The molecular weight excluding hydrogens is 811 g/mol. The number of allylic oxidation sites excluding steroid dienone is 2. The van der Waals surface area contributed by atoms with Crippen molar-refractivity contribution in [2.24, 2.45) is 0 Å². The van der Waals surface area contributed by atoms with Crippen LogP contribution in [0, 0.1) is 0 Å². The highest BCUT2D eigenvalue weighted by molar-refractivity contribution is 5.64. The normalized spacial score (nSPS) is 13.2. The average molecular weight is 831 g/mol. The van der Waals surface area contributed by atoms with Gasteiger partial charge in [0.25, 0.3) is 0 Å². The molecule has 0 unspecified atom stereocenters. The number of rotatable bonds is 10. The highest BCUT2D eigenvalue weighted by Crippen LogP contribution is 2.63. The number of nitrogen functional groups attached to an aromatic ring is 2. The zero-order chi connectivity index (χ0) is 42.3. The molecule has 0 spiro atoms. The maximum Gasteiger partial charge on any atom is 0.449 e. The highest BCUT2D eigenvalue weighted by Gasteiger charge is 2.88. The molecule has 7 N–H and O–H groups in total. The predicted molar refractivity (Wildman–Crippen MR) is 163 cm³/mol. The zero-order valence-corrected chi connectivity index (χ0v) is 26.8. The number of ether oxygens (including phenoxy) is 1. The van der Waals surface area contributed by atoms with E-state index in [0.29, 0.717) is 34.9 Å². The van der Waals surface area contributed by atoms with Gasteiger partial charge < -0.3 is 32.2 Å². The molecule has 4 aromatic rings. The second kappa shape index (κ2) is 14.6. The first-order valence-corrected chi connectivity index (χ1v) is 14.5. The summed E-state index contributed by atoms with van der Waals surface area (Å²) in [5, 5.41) is 8.02. The van der Waals surface area contributed by atoms with Crippen molar-refractivity contribution < 1.29 is 79.4 Å². The maximum atomic E-state index is 15.0. The van der Waals surface area contributed by atoms with E-state index in [1.54, 1.807) is 0 Å². The summed E-state index contributed by atoms with van der Waals surface area (Å²) in [6.45, 7) is 0. The third kappa shape index (κ3) is 8.77. The smallest absolute Gasteiger partial charge is 0.449 e. The molecule has 0 aliphatic carbocycles. The fourth-order valence-electron chi connectivity index (χ4n) is 4.48. The summed E-state index contributed by atoms with van der Waals surface area (Å²) in [6.07, 6.45) is -39.8. The Morgan fingerprint density at radius 2 is 0.696 bits per heavy atom. The molecule has 3 aromatic carbocycles. The molecule has 0 bridgehead atoms. The van der Waals surface area contributed by atoms with Crippen molar-refractivity contribution in [3.8, 4) is 5.75 Å². The highest BCUT2D eigenvalue weighted by atomic mass is 19.4. The minimum Gasteiger partial charge on any atom is -0.452 e. The number of benzene rings is 3. The summed E-state index contributed by atoms with van der Waals surface area (Å²) in [6, 6.07) is 13.4. The molecule has 304 valence electrons. The molecule has 56 heavy (non-hydrogen) atoms. The van der Waals surface area contributed by atoms with E-state index in [1.807, 2.05) is 0 Å². The van der Waals surface area contributed by atoms with Crippen LogP contribution in [0.1, 0.15) is 0 Å². The third-order valence-electron chi connectivity index (χ3n) is 7.04. The van der Waals surface area contributed by atoms with E-state index in [0.717, 1.165) is 0 Å². The van der Waals surface area contributed by atoms with E-state index in [2.05, 4.69) is 35.6 Å². The lowest BCUT2D eigenvalue weighted by Crippen LogP contribution is -2.67. The first-order chi connectivity index (χ1) is 25.5. The van der Waals surface area contributed by atoms with E-state index >= 15 is 8.78 Å². The topological polar surface area (TPSA) is 136 Å². The Balaban J connectivity index is 1.83. The van der Waals surface area contributed by atoms with Gasteiger partial charge in [0.1, 0.15) is 5.75 Å². The van der Waals surface area contributed by atoms with Crippen LogP contribution in [0.15, 0.2) is 84.1 Å². The largest absolute Gasteiger partial charge is 0.452 e. The van der Waals surface area contributed by atoms with Gasteiger partial charge in [-0.3, -0.25) is 0 Å². The van der Waals surface area contributed by atoms with Crippen LogP contribution >= 0.6 is 0 Å². The molecule has 0 radical (unpaired) electrons. The minimum absolute atomic E-state index is 0.149. The van der Waals surface area contributed by atoms with Gasteiger partial charge in [-0.1, -0.05) is 0 Å². The number of hydrogen-bond donors (Lipinski definition) is 5. The third-order valence-corrected chi connectivity index (χ3v) is 7.04. The SMILES string of the molecule is Nc1ccc(Nc2nc(Nc3ccc(N)cc3)nc(Nc3ccc(OC(=C(C(F)(C(F)(F)F)C(F)(F)F)C(F)(C(F)(F)F)C(F)(F)F)C(F)(F)F)cc3)n2)cc1. The first kappa shape index (κ1) is 42.8. The molecule has 4 rings (SSSR count). The van der Waals surface area contributed by atoms with Crippen molar-refractivity contribution >= 4 is 46.3 Å². The molecule has 0 atom stereocenters. The molecule has 0 fully saturated rings. The summed E-state index contributed by atoms with van der Waals surface area (Å²) in [5.74, 6) is -7.19. The van der Waals surface area contributed by atoms with Crippen LogP contribution in [0.5, 0.6) is 5.75 Å². The number of hydrogen-bond acceptors (Lipinski definition) is 9. The summed E-state index contributed by atoms with van der Waals surface area (Å²) >= 11 is 0. The van der Waals surface area contributed by atoms with Crippen LogP contribution in [0.3, 0.4) is 0 Å². The van der Waals surface area contributed by atoms with Crippen molar-refractivity contribution in [1.82, 2.24) is 15.0 Å². The monoisotopic (exact) mass is 830 g/mol. The Morgan fingerprint density at radius 1 is 0.429 bits per heavy atom. The Hall–Kier alpha value is -5.98. The van der Waals surface area contributed by atoms with Gasteiger partial charge in [-0.15, -0.1) is 0 Å². The number of nitrogens with one attached hydrogen (secondary N) is 3. The quantitative estimate of drug-likeness (QED) is 0.0601. The van der Waals surface area contributed by atoms with Crippen LogP contribution in [-0.4, -0.2) is 57.2 Å². The molecule has 0 amide bonds. The van der Waals surface area contributed by atoms with Gasteiger partial charge in [-0.05, 0) is 72.8 Å². The second-order valence-corrected chi connectivity index (χ2v) is 11.1. The molecule has 0 aliphatic heterocycles. The fraction of sp³-hybridized carbons (Fsp3) is 0.233. The minimum atomic E-state index is -8.30. The average Bonchev–Trinajstić information content (AvgIpc) is 3.04. The lowest BCUT2D eigenvalue weighted by Gasteiger charge is -2.41. The van der Waals surface area contributed by atoms with Gasteiger partial charge in [0, 0.05) is 28.4 Å². The van der Waals surface area contributed by atoms with Crippen LogP contribution < -0.4 is 32.2 Å². The Labute approximate surface area is 300 Å². The molecule has 0 aliphatic rings. The Kier molecular flexibility index (Phi) is 11.1. The van der Waals surface area contributed by atoms with Crippen LogP contribution in [0.2, 0.25) is 0 Å². The van der Waals surface area contributed by atoms with Gasteiger partial charge in [0.2, 0.25) is 23.6 Å². The van der Waals surface area contributed by atoms with E-state index in [4.69, 9.17) is 11.5 Å². The van der Waals surface area contributed by atoms with Crippen molar-refractivity contribution in [2.75, 3.05) is 27.4 Å². The van der Waals surface area contributed by atoms with Crippen molar-refractivity contribution in [2.45, 2.75) is 42.2 Å². The van der Waals surface area contributed by atoms with Gasteiger partial charge in [-0.2, -0.15) is 80.8 Å². The molecule has 9 nitrogen and oxygen atoms in total. The summed E-state index contributed by atoms with van der Waals surface area (Å²) in [4.78, 5) is 12.2. The van der Waals surface area contributed by atoms with Gasteiger partial charge in [-0.25, -0.2) is 8.78 Å². The molecule has 1 heterocycles. The molecule has 1 aromatic heterocycles. The van der Waals surface area contributed by atoms with E-state index < -0.39 is 65.2 Å². The van der Waals surface area contributed by atoms with Gasteiger partial charge in [0.15, 0.2) is 0 Å². The van der Waals surface area contributed by atoms with Crippen molar-refractivity contribution in [3.63, 3.8) is 0 Å². The predicted octanol–water partition coefficient (Wildman–Crippen LogP) is 10.1. The second-order valence-electron chi connectivity index (χ2n) is 11.1. The van der Waals surface area contributed by atoms with Gasteiger partial charge >= 0.3 is 42.2 Å². The van der Waals surface area contributed by atoms with Crippen LogP contribution in [0.25, 0.3) is 0 Å². The van der Waals surface area contributed by atoms with Gasteiger partial charge in [0.05, 0.1) is 5.57 Å². The lowest BCUT2D eigenvalue weighted by atomic mass is 9.79. The number of nitrogens with zero attached hydrogens (tertiary/aromatic N) is 3. The van der Waals surface area contributed by atoms with Crippen LogP contribution in [0.4, 0.5) is 121 Å². The fourth-order valence-corrected chi connectivity index (χ4v) is 4.48. The van der Waals surface area contributed by atoms with Crippen molar-refractivity contribution in [1.29, 1.82) is 0 Å². The molecule has 26 heteroatoms. The summed E-state index contributed by atoms with van der Waals surface area (Å²) in [7, 11) is 0. The first-order valence-electron chi connectivity index (χ1n) is 14.5. The number of alkyl halides is 17. The van der Waals surface area contributed by atoms with E-state index in [-0.39, 0.29) is 29.7 Å². The zero-order valence-electron chi connectivity index (χ0n) is 26.8. The summed E-state index contributed by atoms with van der Waals surface area (Å²) < 4.78 is 238. The van der Waals surface area contributed by atoms with Crippen molar-refractivity contribution in [3.05, 3.63) is 84.1 Å². The lowest BCUT2D eigenvalue weighted by molar-refractivity contribution is -0.365. The standard InChI is InChI=1S/C30H19F17N8O/c31-24(27(36,37)38,28(39,40)41)19(25(32,29(42,43)44)30(45,46)47)20(26(33,34)35)56-18-11-9-17(10-12-18)52-23-54-21(50-15-5-1-13(48)2-6-15)53-22(55-23)51-16-7-3-14(49)4-8-16/h1-12H,48-49H2,(H3,50,51,52,53,54,55). The van der Waals surface area contributed by atoms with Crippen LogP contribution in [-0.2, 0) is 0 Å². The number of nitrogens with two attached hydrogens (primary N) is 2. The number of anilines is 8. The molecule has 0 saturated carbocycles. The number of halogens is 17. The summed E-state index contributed by atoms with van der Waals surface area (Å²) in [5.41, 5.74) is -9.76. The number of aromatic nitrogens is 3. The van der Waals surface area contributed by atoms with E-state index in [1.165, 1.54) is 48.5 Å². The Bertz CT molecular complexity index is 1890. The molecule has 0 saturated heterocycles. The Morgan fingerprint density at radius 3 is 0.946 bits per heavy atom.